The van der Waals surface area contributed by atoms with Crippen LogP contribution in [0.15, 0.2) is 41.2 Å². The first kappa shape index (κ1) is 17.8. The van der Waals surface area contributed by atoms with Crippen LogP contribution >= 0.6 is 0 Å². The van der Waals surface area contributed by atoms with Crippen LogP contribution in [0.1, 0.15) is 43.1 Å². The van der Waals surface area contributed by atoms with Gasteiger partial charge in [0.2, 0.25) is 5.91 Å². The molecule has 0 atom stereocenters. The Labute approximate surface area is 151 Å². The van der Waals surface area contributed by atoms with E-state index < -0.39 is 5.97 Å². The average Bonchev–Trinajstić information content (AvgIpc) is 3.07. The molecular weight excluding hydrogens is 334 g/mol. The first-order chi connectivity index (χ1) is 12.6. The maximum Gasteiger partial charge on any atom is 0.364 e. The third-order valence-electron chi connectivity index (χ3n) is 4.23. The average molecular weight is 355 g/mol. The molecule has 26 heavy (non-hydrogen) atoms. The molecule has 1 aromatic heterocycles. The Hall–Kier alpha value is -2.96. The molecule has 3 rings (SSSR count). The topological polar surface area (TPSA) is 81.5 Å². The van der Waals surface area contributed by atoms with Gasteiger partial charge in [-0.2, -0.15) is 5.10 Å². The fraction of sp³-hybridized carbons (Fsp3) is 0.368. The molecule has 1 aromatic carbocycles. The lowest BCUT2D eigenvalue weighted by molar-refractivity contribution is -0.117. The lowest BCUT2D eigenvalue weighted by Gasteiger charge is -2.15. The van der Waals surface area contributed by atoms with Crippen molar-refractivity contribution in [3.8, 4) is 5.75 Å². The Kier molecular flexibility index (Phi) is 5.46. The summed E-state index contributed by atoms with van der Waals surface area (Å²) in [6.07, 6.45) is 3.15. The highest BCUT2D eigenvalue weighted by Crippen LogP contribution is 2.24. The number of anilines is 1. The van der Waals surface area contributed by atoms with Crippen LogP contribution in [0.4, 0.5) is 5.69 Å². The number of esters is 1. The van der Waals surface area contributed by atoms with Gasteiger partial charge in [0.1, 0.15) is 5.75 Å². The van der Waals surface area contributed by atoms with E-state index in [0.717, 1.165) is 24.9 Å². The van der Waals surface area contributed by atoms with Crippen molar-refractivity contribution in [2.45, 2.75) is 39.2 Å². The van der Waals surface area contributed by atoms with Gasteiger partial charge in [-0.15, -0.1) is 0 Å². The maximum absolute atomic E-state index is 12.3. The summed E-state index contributed by atoms with van der Waals surface area (Å²) >= 11 is 0. The summed E-state index contributed by atoms with van der Waals surface area (Å²) in [7, 11) is 0. The van der Waals surface area contributed by atoms with Crippen LogP contribution in [0.2, 0.25) is 0 Å². The van der Waals surface area contributed by atoms with E-state index in [-0.39, 0.29) is 17.2 Å². The van der Waals surface area contributed by atoms with Crippen LogP contribution in [0.3, 0.4) is 0 Å². The molecule has 0 unspecified atom stereocenters. The van der Waals surface area contributed by atoms with Crippen molar-refractivity contribution in [1.82, 2.24) is 9.78 Å². The second kappa shape index (κ2) is 7.95. The quantitative estimate of drug-likeness (QED) is 0.587. The maximum atomic E-state index is 12.3. The molecular formula is C19H21N3O4. The van der Waals surface area contributed by atoms with Gasteiger partial charge >= 0.3 is 5.97 Å². The van der Waals surface area contributed by atoms with Gasteiger partial charge in [-0.05, 0) is 43.2 Å². The summed E-state index contributed by atoms with van der Waals surface area (Å²) in [4.78, 5) is 37.5. The van der Waals surface area contributed by atoms with E-state index in [1.54, 1.807) is 29.2 Å². The molecule has 0 saturated carbocycles. The van der Waals surface area contributed by atoms with E-state index in [4.69, 9.17) is 4.74 Å². The van der Waals surface area contributed by atoms with Gasteiger partial charge in [0, 0.05) is 31.3 Å². The summed E-state index contributed by atoms with van der Waals surface area (Å²) < 4.78 is 6.60. The highest BCUT2D eigenvalue weighted by molar-refractivity contribution is 5.95. The number of ether oxygens (including phenoxy) is 1. The van der Waals surface area contributed by atoms with Gasteiger partial charge in [-0.1, -0.05) is 13.3 Å². The zero-order chi connectivity index (χ0) is 18.5. The van der Waals surface area contributed by atoms with Crippen LogP contribution in [0.5, 0.6) is 5.75 Å². The van der Waals surface area contributed by atoms with Crippen molar-refractivity contribution >= 4 is 17.6 Å². The van der Waals surface area contributed by atoms with Crippen LogP contribution in [-0.2, 0) is 11.3 Å². The number of carbonyl (C=O) groups is 2. The van der Waals surface area contributed by atoms with Crippen LogP contribution in [-0.4, -0.2) is 28.2 Å². The summed E-state index contributed by atoms with van der Waals surface area (Å²) in [5, 5.41) is 4.07. The third kappa shape index (κ3) is 3.99. The van der Waals surface area contributed by atoms with E-state index in [1.807, 2.05) is 6.92 Å². The number of rotatable bonds is 6. The Bertz CT molecular complexity index is 858. The van der Waals surface area contributed by atoms with Crippen molar-refractivity contribution in [2.24, 2.45) is 0 Å². The SMILES string of the molecule is CCCCn1nc(C(=O)Oc2ccc(N3CCCC3=O)cc2)ccc1=O. The van der Waals surface area contributed by atoms with Crippen molar-refractivity contribution in [3.05, 3.63) is 52.4 Å². The largest absolute Gasteiger partial charge is 0.422 e. The van der Waals surface area contributed by atoms with Crippen molar-refractivity contribution in [3.63, 3.8) is 0 Å². The lowest BCUT2D eigenvalue weighted by atomic mass is 10.3. The zero-order valence-electron chi connectivity index (χ0n) is 14.7. The number of carbonyl (C=O) groups excluding carboxylic acids is 2. The number of unbranched alkanes of at least 4 members (excludes halogenated alkanes) is 1. The molecule has 1 saturated heterocycles. The first-order valence-electron chi connectivity index (χ1n) is 8.79. The van der Waals surface area contributed by atoms with Gasteiger partial charge in [0.15, 0.2) is 5.69 Å². The number of amides is 1. The zero-order valence-corrected chi connectivity index (χ0v) is 14.7. The molecule has 0 bridgehead atoms. The predicted octanol–water partition coefficient (Wildman–Crippen LogP) is 2.39. The minimum Gasteiger partial charge on any atom is -0.422 e. The smallest absolute Gasteiger partial charge is 0.364 e. The van der Waals surface area contributed by atoms with Gasteiger partial charge in [0.25, 0.3) is 5.56 Å². The number of aromatic nitrogens is 2. The number of hydrogen-bond donors (Lipinski definition) is 0. The molecule has 1 aliphatic heterocycles. The molecule has 0 aliphatic carbocycles. The molecule has 0 spiro atoms. The summed E-state index contributed by atoms with van der Waals surface area (Å²) in [6, 6.07) is 9.48. The van der Waals surface area contributed by atoms with Gasteiger partial charge < -0.3 is 9.64 Å². The fourth-order valence-electron chi connectivity index (χ4n) is 2.80. The Morgan fingerprint density at radius 2 is 1.92 bits per heavy atom. The summed E-state index contributed by atoms with van der Waals surface area (Å²) in [5.74, 6) is -0.160. The Balaban J connectivity index is 1.69. The minimum atomic E-state index is -0.625. The minimum absolute atomic E-state index is 0.0829. The van der Waals surface area contributed by atoms with Gasteiger partial charge in [-0.3, -0.25) is 9.59 Å². The highest BCUT2D eigenvalue weighted by Gasteiger charge is 2.21. The van der Waals surface area contributed by atoms with Gasteiger partial charge in [0.05, 0.1) is 0 Å². The Morgan fingerprint density at radius 3 is 2.58 bits per heavy atom. The number of hydrogen-bond acceptors (Lipinski definition) is 5. The van der Waals surface area contributed by atoms with Crippen LogP contribution in [0.25, 0.3) is 0 Å². The number of aryl methyl sites for hydroxylation is 1. The van der Waals surface area contributed by atoms with Crippen molar-refractivity contribution in [1.29, 1.82) is 0 Å². The number of nitrogens with zero attached hydrogens (tertiary/aromatic N) is 3. The molecule has 7 heteroatoms. The van der Waals surface area contributed by atoms with E-state index in [0.29, 0.717) is 25.3 Å². The van der Waals surface area contributed by atoms with Gasteiger partial charge in [-0.25, -0.2) is 9.48 Å². The van der Waals surface area contributed by atoms with Crippen molar-refractivity contribution < 1.29 is 14.3 Å². The molecule has 136 valence electrons. The van der Waals surface area contributed by atoms with Crippen LogP contribution in [0, 0.1) is 0 Å². The Morgan fingerprint density at radius 1 is 1.15 bits per heavy atom. The normalized spacial score (nSPS) is 13.9. The van der Waals surface area contributed by atoms with E-state index in [9.17, 15) is 14.4 Å². The first-order valence-corrected chi connectivity index (χ1v) is 8.79. The second-order valence-corrected chi connectivity index (χ2v) is 6.17. The monoisotopic (exact) mass is 355 g/mol. The molecule has 1 aliphatic rings. The highest BCUT2D eigenvalue weighted by atomic mass is 16.5. The number of benzene rings is 1. The second-order valence-electron chi connectivity index (χ2n) is 6.17. The van der Waals surface area contributed by atoms with Crippen molar-refractivity contribution in [2.75, 3.05) is 11.4 Å². The molecule has 0 N–H and O–H groups in total. The molecule has 2 aromatic rings. The standard InChI is InChI=1S/C19H21N3O4/c1-2-3-13-22-18(24)11-10-16(20-22)19(25)26-15-8-6-14(7-9-15)21-12-4-5-17(21)23/h6-11H,2-5,12-13H2,1H3. The third-order valence-corrected chi connectivity index (χ3v) is 4.23. The molecule has 0 radical (unpaired) electrons. The van der Waals surface area contributed by atoms with E-state index in [1.165, 1.54) is 16.8 Å². The molecule has 1 fully saturated rings. The molecule has 7 nitrogen and oxygen atoms in total. The predicted molar refractivity (Wildman–Crippen MR) is 96.4 cm³/mol. The van der Waals surface area contributed by atoms with E-state index in [2.05, 4.69) is 5.10 Å². The van der Waals surface area contributed by atoms with Crippen LogP contribution < -0.4 is 15.2 Å². The summed E-state index contributed by atoms with van der Waals surface area (Å²) in [5.41, 5.74) is 0.632. The lowest BCUT2D eigenvalue weighted by Crippen LogP contribution is -2.25. The molecule has 1 amide bonds. The van der Waals surface area contributed by atoms with E-state index >= 15 is 0 Å². The fourth-order valence-corrected chi connectivity index (χ4v) is 2.80. The summed E-state index contributed by atoms with van der Waals surface area (Å²) in [6.45, 7) is 3.19. The molecule has 2 heterocycles.